The number of hydrogen-bond donors (Lipinski definition) is 2. The van der Waals surface area contributed by atoms with E-state index >= 15 is 0 Å². The molecule has 0 saturated heterocycles. The van der Waals surface area contributed by atoms with Crippen LogP contribution in [0.5, 0.6) is 0 Å². The maximum absolute atomic E-state index is 12.5. The second-order valence-electron chi connectivity index (χ2n) is 6.99. The molecule has 8 heteroatoms. The van der Waals surface area contributed by atoms with E-state index in [0.717, 1.165) is 11.8 Å². The van der Waals surface area contributed by atoms with Crippen molar-refractivity contribution in [3.05, 3.63) is 23.8 Å². The third-order valence-corrected chi connectivity index (χ3v) is 6.20. The van der Waals surface area contributed by atoms with Crippen molar-refractivity contribution in [3.8, 4) is 0 Å². The maximum atomic E-state index is 12.5. The average molecular weight is 352 g/mol. The Bertz CT molecular complexity index is 831. The Morgan fingerprint density at radius 3 is 2.50 bits per heavy atom. The number of hydrogen-bond acceptors (Lipinski definition) is 4. The van der Waals surface area contributed by atoms with Gasteiger partial charge in [0.15, 0.2) is 0 Å². The van der Waals surface area contributed by atoms with Crippen LogP contribution in [-0.2, 0) is 26.0 Å². The summed E-state index contributed by atoms with van der Waals surface area (Å²) in [6.07, 6.45) is 1.66. The predicted molar refractivity (Wildman–Crippen MR) is 89.4 cm³/mol. The number of carboxylic acid groups (broad SMARTS) is 1. The fourth-order valence-electron chi connectivity index (χ4n) is 3.66. The molecule has 2 N–H and O–H groups in total. The summed E-state index contributed by atoms with van der Waals surface area (Å²) in [6, 6.07) is 5.11. The lowest BCUT2D eigenvalue weighted by Crippen LogP contribution is -2.27. The molecule has 24 heavy (non-hydrogen) atoms. The van der Waals surface area contributed by atoms with E-state index in [0.29, 0.717) is 24.3 Å². The van der Waals surface area contributed by atoms with Crippen molar-refractivity contribution < 1.29 is 23.1 Å². The van der Waals surface area contributed by atoms with Gasteiger partial charge in [0, 0.05) is 17.8 Å². The lowest BCUT2D eigenvalue weighted by Gasteiger charge is -2.17. The summed E-state index contributed by atoms with van der Waals surface area (Å²) in [5.74, 6) is -2.58. The number of nitrogens with one attached hydrogen (secondary N) is 1. The van der Waals surface area contributed by atoms with Gasteiger partial charge in [-0.3, -0.25) is 13.9 Å². The summed E-state index contributed by atoms with van der Waals surface area (Å²) in [5.41, 5.74) is 1.31. The molecule has 2 aliphatic rings. The fourth-order valence-corrected chi connectivity index (χ4v) is 4.62. The molecule has 1 aromatic carbocycles. The van der Waals surface area contributed by atoms with Crippen molar-refractivity contribution >= 4 is 33.3 Å². The number of fused-ring (bicyclic) bond motifs is 1. The summed E-state index contributed by atoms with van der Waals surface area (Å²) in [5, 5.41) is 12.0. The van der Waals surface area contributed by atoms with E-state index in [1.807, 2.05) is 0 Å². The van der Waals surface area contributed by atoms with Gasteiger partial charge >= 0.3 is 5.97 Å². The molecule has 0 bridgehead atoms. The molecule has 0 radical (unpaired) electrons. The Kier molecular flexibility index (Phi) is 3.63. The van der Waals surface area contributed by atoms with Gasteiger partial charge in [-0.2, -0.15) is 0 Å². The number of sulfonamides is 1. The number of nitrogens with zero attached hydrogens (tertiary/aromatic N) is 1. The third-order valence-electron chi connectivity index (χ3n) is 5.02. The fraction of sp³-hybridized carbons (Fsp3) is 0.500. The van der Waals surface area contributed by atoms with E-state index in [2.05, 4.69) is 5.32 Å². The maximum Gasteiger partial charge on any atom is 0.307 e. The number of aliphatic carboxylic acids is 1. The van der Waals surface area contributed by atoms with Crippen molar-refractivity contribution in [2.45, 2.75) is 20.3 Å². The Balaban J connectivity index is 1.85. The molecule has 1 aliphatic carbocycles. The number of amides is 1. The lowest BCUT2D eigenvalue weighted by molar-refractivity contribution is -0.140. The van der Waals surface area contributed by atoms with Crippen molar-refractivity contribution in [1.29, 1.82) is 0 Å². The van der Waals surface area contributed by atoms with Crippen LogP contribution in [0.2, 0.25) is 0 Å². The van der Waals surface area contributed by atoms with Gasteiger partial charge in [-0.15, -0.1) is 0 Å². The number of anilines is 2. The summed E-state index contributed by atoms with van der Waals surface area (Å²) < 4.78 is 25.0. The van der Waals surface area contributed by atoms with E-state index in [1.54, 1.807) is 32.0 Å². The molecule has 1 aliphatic heterocycles. The number of benzene rings is 1. The topological polar surface area (TPSA) is 104 Å². The number of carboxylic acids is 1. The summed E-state index contributed by atoms with van der Waals surface area (Å²) >= 11 is 0. The smallest absolute Gasteiger partial charge is 0.307 e. The standard InChI is InChI=1S/C16H20N2O5S/c1-16(2)12(13(16)15(20)21)14(19)17-10-5-4-6-11-9(10)7-8-18(11)24(3,22)23/h4-6,12-13H,7-8H2,1-3H3,(H,17,19)(H,20,21)/t12-,13+/m1/s1. The first-order chi connectivity index (χ1) is 11.0. The Hall–Kier alpha value is -2.09. The molecule has 7 nitrogen and oxygen atoms in total. The number of carbonyl (C=O) groups is 2. The van der Waals surface area contributed by atoms with Crippen LogP contribution < -0.4 is 9.62 Å². The van der Waals surface area contributed by atoms with E-state index in [-0.39, 0.29) is 5.91 Å². The van der Waals surface area contributed by atoms with E-state index in [9.17, 15) is 23.1 Å². The van der Waals surface area contributed by atoms with Crippen molar-refractivity contribution in [2.24, 2.45) is 17.3 Å². The molecule has 1 fully saturated rings. The van der Waals surface area contributed by atoms with Gasteiger partial charge in [0.25, 0.3) is 0 Å². The summed E-state index contributed by atoms with van der Waals surface area (Å²) in [7, 11) is -3.36. The zero-order chi connectivity index (χ0) is 17.9. The third kappa shape index (κ3) is 2.54. The molecule has 1 heterocycles. The molecular weight excluding hydrogens is 332 g/mol. The minimum atomic E-state index is -3.36. The zero-order valence-electron chi connectivity index (χ0n) is 13.7. The molecular formula is C16H20N2O5S. The average Bonchev–Trinajstić information content (AvgIpc) is 2.81. The molecule has 130 valence electrons. The minimum Gasteiger partial charge on any atom is -0.481 e. The molecule has 3 rings (SSSR count). The largest absolute Gasteiger partial charge is 0.481 e. The zero-order valence-corrected chi connectivity index (χ0v) is 14.6. The molecule has 1 saturated carbocycles. The Morgan fingerprint density at radius 2 is 1.96 bits per heavy atom. The highest BCUT2D eigenvalue weighted by atomic mass is 32.2. The van der Waals surface area contributed by atoms with Gasteiger partial charge < -0.3 is 10.4 Å². The Morgan fingerprint density at radius 1 is 1.29 bits per heavy atom. The van der Waals surface area contributed by atoms with Crippen LogP contribution in [0.4, 0.5) is 11.4 Å². The van der Waals surface area contributed by atoms with E-state index in [1.165, 1.54) is 4.31 Å². The van der Waals surface area contributed by atoms with Crippen molar-refractivity contribution in [2.75, 3.05) is 22.4 Å². The first kappa shape index (κ1) is 16.8. The molecule has 0 aromatic heterocycles. The van der Waals surface area contributed by atoms with Crippen molar-refractivity contribution in [3.63, 3.8) is 0 Å². The predicted octanol–water partition coefficient (Wildman–Crippen LogP) is 1.30. The number of rotatable bonds is 4. The highest BCUT2D eigenvalue weighted by Crippen LogP contribution is 2.58. The monoisotopic (exact) mass is 352 g/mol. The normalized spacial score (nSPS) is 24.4. The molecule has 2 atom stereocenters. The van der Waals surface area contributed by atoms with Crippen LogP contribution in [0, 0.1) is 17.3 Å². The first-order valence-corrected chi connectivity index (χ1v) is 9.53. The Labute approximate surface area is 140 Å². The van der Waals surface area contributed by atoms with Gasteiger partial charge in [0.05, 0.1) is 23.8 Å². The van der Waals surface area contributed by atoms with Crippen LogP contribution >= 0.6 is 0 Å². The first-order valence-electron chi connectivity index (χ1n) is 7.68. The van der Waals surface area contributed by atoms with Crippen molar-refractivity contribution in [1.82, 2.24) is 0 Å². The molecule has 1 amide bonds. The van der Waals surface area contributed by atoms with Crippen LogP contribution in [0.15, 0.2) is 18.2 Å². The van der Waals surface area contributed by atoms with Gasteiger partial charge in [0.2, 0.25) is 15.9 Å². The minimum absolute atomic E-state index is 0.335. The van der Waals surface area contributed by atoms with Gasteiger partial charge in [0.1, 0.15) is 0 Å². The van der Waals surface area contributed by atoms with Crippen LogP contribution in [0.3, 0.4) is 0 Å². The molecule has 1 aromatic rings. The van der Waals surface area contributed by atoms with Gasteiger partial charge in [-0.25, -0.2) is 8.42 Å². The van der Waals surface area contributed by atoms with Gasteiger partial charge in [-0.05, 0) is 24.0 Å². The van der Waals surface area contributed by atoms with Crippen LogP contribution in [0.25, 0.3) is 0 Å². The molecule has 0 unspecified atom stereocenters. The summed E-state index contributed by atoms with van der Waals surface area (Å²) in [4.78, 5) is 23.7. The quantitative estimate of drug-likeness (QED) is 0.850. The number of carbonyl (C=O) groups excluding carboxylic acids is 1. The molecule has 0 spiro atoms. The second-order valence-corrected chi connectivity index (χ2v) is 8.90. The lowest BCUT2D eigenvalue weighted by atomic mass is 10.1. The SMILES string of the molecule is CC1(C)[C@H](C(=O)O)[C@@H]1C(=O)Nc1cccc2c1CCN2S(C)(=O)=O. The van der Waals surface area contributed by atoms with Crippen LogP contribution in [0.1, 0.15) is 19.4 Å². The highest BCUT2D eigenvalue weighted by molar-refractivity contribution is 7.92. The van der Waals surface area contributed by atoms with E-state index < -0.39 is 33.2 Å². The van der Waals surface area contributed by atoms with E-state index in [4.69, 9.17) is 0 Å². The van der Waals surface area contributed by atoms with Crippen LogP contribution in [-0.4, -0.2) is 38.2 Å². The summed E-state index contributed by atoms with van der Waals surface area (Å²) in [6.45, 7) is 3.86. The highest BCUT2D eigenvalue weighted by Gasteiger charge is 2.65. The van der Waals surface area contributed by atoms with Gasteiger partial charge in [-0.1, -0.05) is 19.9 Å². The second kappa shape index (κ2) is 5.20.